The molecule has 0 radical (unpaired) electrons. The van der Waals surface area contributed by atoms with Crippen LogP contribution in [0.3, 0.4) is 0 Å². The molecular formula is C26H28ClN3O2. The molecule has 1 heterocycles. The Kier molecular flexibility index (Phi) is 6.98. The zero-order valence-corrected chi connectivity index (χ0v) is 19.2. The zero-order chi connectivity index (χ0) is 22.5. The third-order valence-corrected chi connectivity index (χ3v) is 5.85. The average molecular weight is 450 g/mol. The number of rotatable bonds is 7. The Hall–Kier alpha value is -3.02. The van der Waals surface area contributed by atoms with Crippen LogP contribution in [0.25, 0.3) is 0 Å². The molecular weight excluding hydrogens is 422 g/mol. The number of amides is 1. The SMILES string of the molecule is CC(=O)Nc1cccc(CCN(C)CCN2c3cc(Cl)ccc3COc3ccccc32)c1. The number of carbonyl (C=O) groups is 1. The lowest BCUT2D eigenvalue weighted by Crippen LogP contribution is -2.32. The van der Waals surface area contributed by atoms with Crippen LogP contribution in [-0.2, 0) is 17.8 Å². The third-order valence-electron chi connectivity index (χ3n) is 5.61. The van der Waals surface area contributed by atoms with E-state index in [0.29, 0.717) is 6.61 Å². The highest BCUT2D eigenvalue weighted by atomic mass is 35.5. The van der Waals surface area contributed by atoms with E-state index in [9.17, 15) is 4.79 Å². The second kappa shape index (κ2) is 10.1. The molecule has 5 nitrogen and oxygen atoms in total. The predicted octanol–water partition coefficient (Wildman–Crippen LogP) is 5.50. The summed E-state index contributed by atoms with van der Waals surface area (Å²) in [6.45, 7) is 4.66. The Morgan fingerprint density at radius 3 is 2.75 bits per heavy atom. The van der Waals surface area contributed by atoms with Crippen molar-refractivity contribution in [3.63, 3.8) is 0 Å². The monoisotopic (exact) mass is 449 g/mol. The van der Waals surface area contributed by atoms with Gasteiger partial charge in [-0.15, -0.1) is 0 Å². The van der Waals surface area contributed by atoms with Gasteiger partial charge in [0.2, 0.25) is 5.91 Å². The first-order chi connectivity index (χ1) is 15.5. The topological polar surface area (TPSA) is 44.8 Å². The molecule has 3 aromatic rings. The van der Waals surface area contributed by atoms with Crippen LogP contribution in [0.1, 0.15) is 18.1 Å². The van der Waals surface area contributed by atoms with E-state index in [-0.39, 0.29) is 5.91 Å². The lowest BCUT2D eigenvalue weighted by atomic mass is 10.1. The fourth-order valence-corrected chi connectivity index (χ4v) is 4.12. The van der Waals surface area contributed by atoms with Crippen molar-refractivity contribution in [1.82, 2.24) is 4.90 Å². The number of hydrogen-bond donors (Lipinski definition) is 1. The molecule has 0 spiro atoms. The van der Waals surface area contributed by atoms with E-state index in [1.807, 2.05) is 54.6 Å². The van der Waals surface area contributed by atoms with Crippen molar-refractivity contribution in [2.45, 2.75) is 20.0 Å². The van der Waals surface area contributed by atoms with Crippen LogP contribution in [-0.4, -0.2) is 37.5 Å². The minimum atomic E-state index is -0.0543. The van der Waals surface area contributed by atoms with E-state index in [0.717, 1.165) is 59.5 Å². The number of likely N-dealkylation sites (N-methyl/N-ethyl adjacent to an activating group) is 1. The van der Waals surface area contributed by atoms with Gasteiger partial charge in [0, 0.05) is 48.5 Å². The van der Waals surface area contributed by atoms with Gasteiger partial charge in [0.15, 0.2) is 0 Å². The molecule has 1 N–H and O–H groups in total. The number of nitrogens with one attached hydrogen (secondary N) is 1. The number of benzene rings is 3. The number of nitrogens with zero attached hydrogens (tertiary/aromatic N) is 2. The largest absolute Gasteiger partial charge is 0.487 e. The van der Waals surface area contributed by atoms with Crippen LogP contribution in [0.15, 0.2) is 66.7 Å². The van der Waals surface area contributed by atoms with Crippen molar-refractivity contribution in [1.29, 1.82) is 0 Å². The summed E-state index contributed by atoms with van der Waals surface area (Å²) in [7, 11) is 2.14. The van der Waals surface area contributed by atoms with Crippen LogP contribution in [0.5, 0.6) is 5.75 Å². The zero-order valence-electron chi connectivity index (χ0n) is 18.5. The van der Waals surface area contributed by atoms with Crippen molar-refractivity contribution in [2.24, 2.45) is 0 Å². The molecule has 0 fully saturated rings. The molecule has 1 amide bonds. The van der Waals surface area contributed by atoms with Crippen LogP contribution in [0.2, 0.25) is 5.02 Å². The van der Waals surface area contributed by atoms with Crippen LogP contribution in [0.4, 0.5) is 17.1 Å². The van der Waals surface area contributed by atoms with Crippen molar-refractivity contribution < 1.29 is 9.53 Å². The molecule has 0 atom stereocenters. The molecule has 0 saturated carbocycles. The number of hydrogen-bond acceptors (Lipinski definition) is 4. The maximum Gasteiger partial charge on any atom is 0.221 e. The molecule has 1 aliphatic heterocycles. The third kappa shape index (κ3) is 5.42. The van der Waals surface area contributed by atoms with Gasteiger partial charge in [-0.1, -0.05) is 41.9 Å². The second-order valence-electron chi connectivity index (χ2n) is 8.12. The predicted molar refractivity (Wildman–Crippen MR) is 131 cm³/mol. The van der Waals surface area contributed by atoms with E-state index >= 15 is 0 Å². The molecule has 0 unspecified atom stereocenters. The summed E-state index contributed by atoms with van der Waals surface area (Å²) in [6, 6.07) is 22.2. The molecule has 1 aliphatic rings. The van der Waals surface area contributed by atoms with Crippen molar-refractivity contribution in [2.75, 3.05) is 36.9 Å². The maximum absolute atomic E-state index is 11.3. The van der Waals surface area contributed by atoms with Crippen molar-refractivity contribution in [3.8, 4) is 5.75 Å². The van der Waals surface area contributed by atoms with Crippen LogP contribution < -0.4 is 15.0 Å². The smallest absolute Gasteiger partial charge is 0.221 e. The molecule has 0 saturated heterocycles. The average Bonchev–Trinajstić information content (AvgIpc) is 2.92. The highest BCUT2D eigenvalue weighted by Gasteiger charge is 2.22. The fraction of sp³-hybridized carbons (Fsp3) is 0.269. The molecule has 166 valence electrons. The first-order valence-electron chi connectivity index (χ1n) is 10.8. The van der Waals surface area contributed by atoms with Gasteiger partial charge in [0.1, 0.15) is 12.4 Å². The molecule has 4 rings (SSSR count). The summed E-state index contributed by atoms with van der Waals surface area (Å²) in [4.78, 5) is 15.9. The minimum absolute atomic E-state index is 0.0543. The molecule has 6 heteroatoms. The number of anilines is 3. The Bertz CT molecular complexity index is 1100. The molecule has 0 bridgehead atoms. The van der Waals surface area contributed by atoms with E-state index in [4.69, 9.17) is 16.3 Å². The van der Waals surface area contributed by atoms with Gasteiger partial charge >= 0.3 is 0 Å². The molecule has 32 heavy (non-hydrogen) atoms. The summed E-state index contributed by atoms with van der Waals surface area (Å²) in [5, 5.41) is 3.57. The van der Waals surface area contributed by atoms with E-state index in [1.165, 1.54) is 12.5 Å². The second-order valence-corrected chi connectivity index (χ2v) is 8.55. The number of halogens is 1. The van der Waals surface area contributed by atoms with E-state index in [2.05, 4.69) is 34.3 Å². The highest BCUT2D eigenvalue weighted by Crippen LogP contribution is 2.40. The van der Waals surface area contributed by atoms with E-state index in [1.54, 1.807) is 0 Å². The summed E-state index contributed by atoms with van der Waals surface area (Å²) < 4.78 is 6.07. The van der Waals surface area contributed by atoms with Gasteiger partial charge < -0.3 is 19.9 Å². The first-order valence-corrected chi connectivity index (χ1v) is 11.2. The number of para-hydroxylation sites is 2. The standard InChI is InChI=1S/C26H28ClN3O2/c1-19(31)28-23-7-5-6-20(16-23)12-13-29(2)14-15-30-24-8-3-4-9-26(24)32-18-21-10-11-22(27)17-25(21)30/h3-11,16-17H,12-15,18H2,1-2H3,(H,28,31). The lowest BCUT2D eigenvalue weighted by Gasteiger charge is -2.28. The number of ether oxygens (including phenoxy) is 1. The quantitative estimate of drug-likeness (QED) is 0.517. The minimum Gasteiger partial charge on any atom is -0.487 e. The highest BCUT2D eigenvalue weighted by molar-refractivity contribution is 6.30. The molecule has 3 aromatic carbocycles. The lowest BCUT2D eigenvalue weighted by molar-refractivity contribution is -0.114. The molecule has 0 aliphatic carbocycles. The van der Waals surface area contributed by atoms with E-state index < -0.39 is 0 Å². The normalized spacial score (nSPS) is 12.6. The Morgan fingerprint density at radius 1 is 1.06 bits per heavy atom. The maximum atomic E-state index is 11.3. The summed E-state index contributed by atoms with van der Waals surface area (Å²) in [5.41, 5.74) is 5.33. The fourth-order valence-electron chi connectivity index (χ4n) is 3.95. The summed E-state index contributed by atoms with van der Waals surface area (Å²) >= 11 is 6.34. The van der Waals surface area contributed by atoms with Gasteiger partial charge in [-0.2, -0.15) is 0 Å². The van der Waals surface area contributed by atoms with Crippen molar-refractivity contribution >= 4 is 34.6 Å². The summed E-state index contributed by atoms with van der Waals surface area (Å²) in [6.07, 6.45) is 0.909. The van der Waals surface area contributed by atoms with Gasteiger partial charge in [-0.05, 0) is 55.4 Å². The Balaban J connectivity index is 1.44. The van der Waals surface area contributed by atoms with Gasteiger partial charge in [0.05, 0.1) is 5.69 Å². The number of carbonyl (C=O) groups excluding carboxylic acids is 1. The van der Waals surface area contributed by atoms with Gasteiger partial charge in [-0.25, -0.2) is 0 Å². The molecule has 0 aromatic heterocycles. The van der Waals surface area contributed by atoms with Crippen LogP contribution in [0, 0.1) is 0 Å². The van der Waals surface area contributed by atoms with Crippen molar-refractivity contribution in [3.05, 3.63) is 82.9 Å². The first kappa shape index (κ1) is 22.2. The van der Waals surface area contributed by atoms with Gasteiger partial charge in [-0.3, -0.25) is 4.79 Å². The van der Waals surface area contributed by atoms with Gasteiger partial charge in [0.25, 0.3) is 0 Å². The number of fused-ring (bicyclic) bond motifs is 2. The Labute approximate surface area is 194 Å². The Morgan fingerprint density at radius 2 is 1.91 bits per heavy atom. The van der Waals surface area contributed by atoms with Crippen LogP contribution >= 0.6 is 11.6 Å². The summed E-state index contributed by atoms with van der Waals surface area (Å²) in [5.74, 6) is 0.832.